The number of aryl methyl sites for hydroxylation is 1. The van der Waals surface area contributed by atoms with E-state index >= 15 is 0 Å². The molecule has 160 valence electrons. The van der Waals surface area contributed by atoms with E-state index in [2.05, 4.69) is 10.6 Å². The Morgan fingerprint density at radius 3 is 2.37 bits per heavy atom. The summed E-state index contributed by atoms with van der Waals surface area (Å²) in [5.41, 5.74) is 3.32. The third-order valence-corrected chi connectivity index (χ3v) is 6.68. The van der Waals surface area contributed by atoms with E-state index in [1.807, 2.05) is 24.3 Å². The highest BCUT2D eigenvalue weighted by molar-refractivity contribution is 7.80. The fourth-order valence-electron chi connectivity index (χ4n) is 3.54. The maximum atomic E-state index is 12.5. The normalized spacial score (nSPS) is 13.4. The number of thiophene rings is 1. The number of ether oxygens (including phenoxy) is 1. The summed E-state index contributed by atoms with van der Waals surface area (Å²) in [6.45, 7) is 1.52. The number of benzene rings is 1. The minimum absolute atomic E-state index is 0.0310. The SMILES string of the molecule is COC(=O)c1c(NC(=S)Nc2ccc(N(C)C(C)=O)cc2)sc2c1CCCCCC2. The molecule has 6 nitrogen and oxygen atoms in total. The average Bonchev–Trinajstić information content (AvgIpc) is 3.03. The van der Waals surface area contributed by atoms with E-state index in [-0.39, 0.29) is 11.9 Å². The van der Waals surface area contributed by atoms with E-state index in [1.165, 1.54) is 31.8 Å². The second-order valence-electron chi connectivity index (χ2n) is 7.32. The molecule has 1 aliphatic carbocycles. The van der Waals surface area contributed by atoms with Crippen molar-refractivity contribution >= 4 is 56.9 Å². The topological polar surface area (TPSA) is 70.7 Å². The van der Waals surface area contributed by atoms with E-state index in [4.69, 9.17) is 17.0 Å². The minimum atomic E-state index is -0.324. The van der Waals surface area contributed by atoms with Crippen molar-refractivity contribution < 1.29 is 14.3 Å². The zero-order chi connectivity index (χ0) is 21.7. The van der Waals surface area contributed by atoms with Crippen LogP contribution in [0.2, 0.25) is 0 Å². The number of hydrogen-bond donors (Lipinski definition) is 2. The minimum Gasteiger partial charge on any atom is -0.465 e. The van der Waals surface area contributed by atoms with Gasteiger partial charge >= 0.3 is 5.97 Å². The van der Waals surface area contributed by atoms with Crippen LogP contribution in [0.1, 0.15) is 53.4 Å². The summed E-state index contributed by atoms with van der Waals surface area (Å²) >= 11 is 7.08. The Hall–Kier alpha value is -2.45. The first-order valence-electron chi connectivity index (χ1n) is 10.1. The Morgan fingerprint density at radius 2 is 1.73 bits per heavy atom. The van der Waals surface area contributed by atoms with Crippen LogP contribution in [-0.4, -0.2) is 31.1 Å². The van der Waals surface area contributed by atoms with Gasteiger partial charge in [-0.1, -0.05) is 12.8 Å². The molecule has 1 heterocycles. The molecule has 0 spiro atoms. The summed E-state index contributed by atoms with van der Waals surface area (Å²) in [6, 6.07) is 7.42. The van der Waals surface area contributed by atoms with Gasteiger partial charge in [-0.25, -0.2) is 4.79 Å². The molecule has 1 amide bonds. The molecule has 0 radical (unpaired) electrons. The summed E-state index contributed by atoms with van der Waals surface area (Å²) < 4.78 is 5.06. The molecule has 0 fully saturated rings. The molecule has 8 heteroatoms. The van der Waals surface area contributed by atoms with Crippen molar-refractivity contribution in [2.45, 2.75) is 45.4 Å². The molecule has 2 N–H and O–H groups in total. The summed E-state index contributed by atoms with van der Waals surface area (Å²) in [4.78, 5) is 26.8. The van der Waals surface area contributed by atoms with E-state index in [0.717, 1.165) is 47.6 Å². The van der Waals surface area contributed by atoms with Gasteiger partial charge in [0.15, 0.2) is 5.11 Å². The molecule has 1 aromatic carbocycles. The van der Waals surface area contributed by atoms with Crippen LogP contribution in [0.4, 0.5) is 16.4 Å². The molecule has 0 aliphatic heterocycles. The number of fused-ring (bicyclic) bond motifs is 1. The van der Waals surface area contributed by atoms with Gasteiger partial charge in [0.25, 0.3) is 0 Å². The number of methoxy groups -OCH3 is 1. The first-order chi connectivity index (χ1) is 14.4. The van der Waals surface area contributed by atoms with Crippen LogP contribution >= 0.6 is 23.6 Å². The van der Waals surface area contributed by atoms with Crippen molar-refractivity contribution in [2.75, 3.05) is 29.7 Å². The van der Waals surface area contributed by atoms with Crippen molar-refractivity contribution in [2.24, 2.45) is 0 Å². The van der Waals surface area contributed by atoms with Crippen LogP contribution in [0.15, 0.2) is 24.3 Å². The molecule has 0 bridgehead atoms. The summed E-state index contributed by atoms with van der Waals surface area (Å²) in [5, 5.41) is 7.49. The van der Waals surface area contributed by atoms with Crippen LogP contribution in [-0.2, 0) is 22.4 Å². The smallest absolute Gasteiger partial charge is 0.341 e. The Balaban J connectivity index is 1.76. The van der Waals surface area contributed by atoms with Crippen LogP contribution < -0.4 is 15.5 Å². The molecular weight excluding hydrogens is 418 g/mol. The number of nitrogens with one attached hydrogen (secondary N) is 2. The Morgan fingerprint density at radius 1 is 1.07 bits per heavy atom. The average molecular weight is 446 g/mol. The number of hydrogen-bond acceptors (Lipinski definition) is 5. The second kappa shape index (κ2) is 10.0. The second-order valence-corrected chi connectivity index (χ2v) is 8.83. The van der Waals surface area contributed by atoms with Crippen molar-refractivity contribution in [3.05, 3.63) is 40.3 Å². The first-order valence-corrected chi connectivity index (χ1v) is 11.3. The molecule has 0 atom stereocenters. The summed E-state index contributed by atoms with van der Waals surface area (Å²) in [5.74, 6) is -0.355. The lowest BCUT2D eigenvalue weighted by Gasteiger charge is -2.16. The van der Waals surface area contributed by atoms with Crippen molar-refractivity contribution in [1.29, 1.82) is 0 Å². The van der Waals surface area contributed by atoms with Crippen LogP contribution in [0, 0.1) is 0 Å². The maximum Gasteiger partial charge on any atom is 0.341 e. The third-order valence-electron chi connectivity index (χ3n) is 5.27. The summed E-state index contributed by atoms with van der Waals surface area (Å²) in [6.07, 6.45) is 6.50. The van der Waals surface area contributed by atoms with E-state index in [1.54, 1.807) is 23.3 Å². The Bertz CT molecular complexity index is 938. The van der Waals surface area contributed by atoms with E-state index < -0.39 is 0 Å². The number of thiocarbonyl (C=S) groups is 1. The highest BCUT2D eigenvalue weighted by atomic mass is 32.1. The zero-order valence-corrected chi connectivity index (χ0v) is 19.2. The number of rotatable bonds is 4. The van der Waals surface area contributed by atoms with Gasteiger partial charge in [-0.3, -0.25) is 4.79 Å². The molecule has 0 saturated carbocycles. The highest BCUT2D eigenvalue weighted by Gasteiger charge is 2.25. The largest absolute Gasteiger partial charge is 0.465 e. The Labute approximate surface area is 186 Å². The van der Waals surface area contributed by atoms with Gasteiger partial charge in [0.1, 0.15) is 5.00 Å². The molecule has 1 aliphatic rings. The highest BCUT2D eigenvalue weighted by Crippen LogP contribution is 2.37. The van der Waals surface area contributed by atoms with Crippen LogP contribution in [0.25, 0.3) is 0 Å². The number of esters is 1. The zero-order valence-electron chi connectivity index (χ0n) is 17.5. The lowest BCUT2D eigenvalue weighted by atomic mass is 9.96. The van der Waals surface area contributed by atoms with Gasteiger partial charge in [-0.2, -0.15) is 0 Å². The van der Waals surface area contributed by atoms with Crippen LogP contribution in [0.3, 0.4) is 0 Å². The number of anilines is 3. The molecular formula is C22H27N3O3S2. The predicted octanol–water partition coefficient (Wildman–Crippen LogP) is 4.99. The molecule has 1 aromatic heterocycles. The first kappa shape index (κ1) is 22.2. The fourth-order valence-corrected chi connectivity index (χ4v) is 5.11. The van der Waals surface area contributed by atoms with Crippen molar-refractivity contribution in [3.63, 3.8) is 0 Å². The standard InChI is InChI=1S/C22H27N3O3S2/c1-14(26)25(2)16-12-10-15(11-13-16)23-22(29)24-20-19(21(27)28-3)17-8-6-4-5-7-9-18(17)30-20/h10-13H,4-9H2,1-3H3,(H2,23,24,29). The van der Waals surface area contributed by atoms with E-state index in [0.29, 0.717) is 10.7 Å². The monoisotopic (exact) mass is 445 g/mol. The number of carbonyl (C=O) groups is 2. The number of carbonyl (C=O) groups excluding carboxylic acids is 2. The van der Waals surface area contributed by atoms with E-state index in [9.17, 15) is 9.59 Å². The number of nitrogens with zero attached hydrogens (tertiary/aromatic N) is 1. The molecule has 3 rings (SSSR count). The Kier molecular flexibility index (Phi) is 7.44. The van der Waals surface area contributed by atoms with Crippen molar-refractivity contribution in [3.8, 4) is 0 Å². The van der Waals surface area contributed by atoms with Gasteiger partial charge in [0.2, 0.25) is 5.91 Å². The third kappa shape index (κ3) is 5.17. The summed E-state index contributed by atoms with van der Waals surface area (Å²) in [7, 11) is 3.14. The van der Waals surface area contributed by atoms with Gasteiger partial charge in [-0.15, -0.1) is 11.3 Å². The fraction of sp³-hybridized carbons (Fsp3) is 0.409. The lowest BCUT2D eigenvalue weighted by molar-refractivity contribution is -0.116. The van der Waals surface area contributed by atoms with Gasteiger partial charge < -0.3 is 20.3 Å². The maximum absolute atomic E-state index is 12.5. The van der Waals surface area contributed by atoms with Crippen molar-refractivity contribution in [1.82, 2.24) is 0 Å². The van der Waals surface area contributed by atoms with Crippen LogP contribution in [0.5, 0.6) is 0 Å². The molecule has 0 saturated heterocycles. The van der Waals surface area contributed by atoms with Gasteiger partial charge in [0, 0.05) is 30.2 Å². The number of amides is 1. The quantitative estimate of drug-likeness (QED) is 0.511. The molecule has 30 heavy (non-hydrogen) atoms. The molecule has 0 unspecified atom stereocenters. The predicted molar refractivity (Wildman–Crippen MR) is 127 cm³/mol. The van der Waals surface area contributed by atoms with Gasteiger partial charge in [-0.05, 0) is 67.7 Å². The molecule has 2 aromatic rings. The van der Waals surface area contributed by atoms with Gasteiger partial charge in [0.05, 0.1) is 12.7 Å². The lowest BCUT2D eigenvalue weighted by Crippen LogP contribution is -2.23.